The van der Waals surface area contributed by atoms with Gasteiger partial charge in [-0.2, -0.15) is 0 Å². The first-order valence-electron chi connectivity index (χ1n) is 5.25. The van der Waals surface area contributed by atoms with Gasteiger partial charge in [-0.1, -0.05) is 23.4 Å². The molecule has 0 aliphatic heterocycles. The third kappa shape index (κ3) is 4.57. The number of hydrogen-bond donors (Lipinski definition) is 0. The van der Waals surface area contributed by atoms with Crippen molar-refractivity contribution < 1.29 is 37.6 Å². The Bertz CT molecular complexity index is 590. The van der Waals surface area contributed by atoms with Gasteiger partial charge < -0.3 is 0 Å². The first-order valence-corrected chi connectivity index (χ1v) is 6.44. The fraction of sp³-hybridized carbons (Fsp3) is 0.0769. The number of non-ortho nitro benzene ring substituents is 1. The largest absolute Gasteiger partial charge is 0.269 e. The summed E-state index contributed by atoms with van der Waals surface area (Å²) in [5.41, 5.74) is 1.01. The van der Waals surface area contributed by atoms with Gasteiger partial charge in [0.05, 0.1) is 4.92 Å². The molecule has 3 nitrogen and oxygen atoms in total. The van der Waals surface area contributed by atoms with Crippen LogP contribution in [0.5, 0.6) is 0 Å². The fourth-order valence-electron chi connectivity index (χ4n) is 1.49. The third-order valence-corrected chi connectivity index (χ3v) is 3.85. The number of aryl methyl sites for hydroxylation is 1. The zero-order valence-electron chi connectivity index (χ0n) is 10.2. The van der Waals surface area contributed by atoms with Crippen molar-refractivity contribution in [3.8, 4) is 0 Å². The van der Waals surface area contributed by atoms with Crippen LogP contribution < -0.4 is 0 Å². The van der Waals surface area contributed by atoms with Crippen LogP contribution in [0.2, 0.25) is 5.02 Å². The summed E-state index contributed by atoms with van der Waals surface area (Å²) in [5, 5.41) is 11.3. The molecule has 2 aromatic rings. The zero-order chi connectivity index (χ0) is 13.1. The van der Waals surface area contributed by atoms with Gasteiger partial charge in [-0.05, 0) is 42.8 Å². The molecule has 0 amide bonds. The molecule has 0 saturated carbocycles. The van der Waals surface area contributed by atoms with E-state index in [1.807, 2.05) is 31.2 Å². The predicted octanol–water partition coefficient (Wildman–Crippen LogP) is 4.71. The van der Waals surface area contributed by atoms with Gasteiger partial charge in [0.1, 0.15) is 0 Å². The molecule has 1 radical (unpaired) electrons. The molecule has 0 heterocycles. The Balaban J connectivity index is 0.00000180. The van der Waals surface area contributed by atoms with Crippen LogP contribution in [0.1, 0.15) is 5.56 Å². The maximum Gasteiger partial charge on any atom is 0.269 e. The van der Waals surface area contributed by atoms with E-state index in [9.17, 15) is 10.1 Å². The molecule has 0 spiro atoms. The van der Waals surface area contributed by atoms with Crippen LogP contribution in [0.4, 0.5) is 5.69 Å². The van der Waals surface area contributed by atoms with Gasteiger partial charge in [-0.25, -0.2) is 0 Å². The summed E-state index contributed by atoms with van der Waals surface area (Å²) in [6.45, 7) is 1.87. The maximum absolute atomic E-state index is 10.6. The number of benzene rings is 2. The van der Waals surface area contributed by atoms with Crippen LogP contribution in [0.15, 0.2) is 52.3 Å². The van der Waals surface area contributed by atoms with Crippen molar-refractivity contribution in [1.82, 2.24) is 0 Å². The first kappa shape index (κ1) is 16.6. The quantitative estimate of drug-likeness (QED) is 0.582. The molecule has 2 rings (SSSR count). The average molecular weight is 369 g/mol. The molecule has 0 unspecified atom stereocenters. The molecule has 19 heavy (non-hydrogen) atoms. The van der Waals surface area contributed by atoms with E-state index in [0.29, 0.717) is 5.02 Å². The van der Waals surface area contributed by atoms with Gasteiger partial charge in [0.25, 0.3) is 5.69 Å². The van der Waals surface area contributed by atoms with E-state index in [0.717, 1.165) is 15.4 Å². The number of halogens is 1. The predicted molar refractivity (Wildman–Crippen MR) is 73.4 cm³/mol. The number of nitrogens with zero attached hydrogens (tertiary/aromatic N) is 1. The van der Waals surface area contributed by atoms with Crippen molar-refractivity contribution in [2.45, 2.75) is 16.7 Å². The van der Waals surface area contributed by atoms with Crippen molar-refractivity contribution in [3.63, 3.8) is 0 Å². The van der Waals surface area contributed by atoms with E-state index in [1.54, 1.807) is 23.9 Å². The normalized spacial score (nSPS) is 9.79. The SMILES string of the molecule is Cc1cc([N+](=O)[O-])ccc1Sc1ccc(Cl)cc1.[Y]. The van der Waals surface area contributed by atoms with Gasteiger partial charge in [-0.15, -0.1) is 0 Å². The topological polar surface area (TPSA) is 43.1 Å². The van der Waals surface area contributed by atoms with E-state index in [4.69, 9.17) is 11.6 Å². The number of nitro benzene ring substituents is 1. The van der Waals surface area contributed by atoms with Gasteiger partial charge in [0.15, 0.2) is 0 Å². The Morgan fingerprint density at radius 3 is 2.32 bits per heavy atom. The van der Waals surface area contributed by atoms with Gasteiger partial charge in [0, 0.05) is 59.7 Å². The van der Waals surface area contributed by atoms with Gasteiger partial charge >= 0.3 is 0 Å². The standard InChI is InChI=1S/C13H10ClNO2S.Y/c1-9-8-11(15(16)17)4-7-13(9)18-12-5-2-10(14)3-6-12;/h2-8H,1H3;. The number of hydrogen-bond acceptors (Lipinski definition) is 3. The summed E-state index contributed by atoms with van der Waals surface area (Å²) in [6, 6.07) is 12.4. The Kier molecular flexibility index (Phi) is 6.47. The molecular weight excluding hydrogens is 359 g/mol. The molecule has 6 heteroatoms. The van der Waals surface area contributed by atoms with E-state index in [-0.39, 0.29) is 43.3 Å². The van der Waals surface area contributed by atoms with Crippen molar-refractivity contribution in [1.29, 1.82) is 0 Å². The maximum atomic E-state index is 10.6. The number of nitro groups is 1. The van der Waals surface area contributed by atoms with Crippen molar-refractivity contribution >= 4 is 29.1 Å². The molecule has 0 aromatic heterocycles. The Hall–Kier alpha value is -0.416. The van der Waals surface area contributed by atoms with E-state index >= 15 is 0 Å². The Morgan fingerprint density at radius 2 is 1.79 bits per heavy atom. The molecule has 2 aromatic carbocycles. The van der Waals surface area contributed by atoms with Crippen LogP contribution in [0.3, 0.4) is 0 Å². The molecule has 0 saturated heterocycles. The summed E-state index contributed by atoms with van der Waals surface area (Å²) in [4.78, 5) is 12.3. The zero-order valence-corrected chi connectivity index (χ0v) is 14.6. The summed E-state index contributed by atoms with van der Waals surface area (Å²) < 4.78 is 0. The molecule has 0 atom stereocenters. The second-order valence-corrected chi connectivity index (χ2v) is 5.31. The monoisotopic (exact) mass is 368 g/mol. The van der Waals surface area contributed by atoms with Gasteiger partial charge in [-0.3, -0.25) is 10.1 Å². The third-order valence-electron chi connectivity index (χ3n) is 2.41. The minimum Gasteiger partial charge on any atom is -0.258 e. The fourth-order valence-corrected chi connectivity index (χ4v) is 2.50. The Morgan fingerprint density at radius 1 is 1.16 bits per heavy atom. The minimum atomic E-state index is -0.385. The molecule has 0 fully saturated rings. The smallest absolute Gasteiger partial charge is 0.258 e. The van der Waals surface area contributed by atoms with Crippen molar-refractivity contribution in [2.24, 2.45) is 0 Å². The summed E-state index contributed by atoms with van der Waals surface area (Å²) in [5.74, 6) is 0. The molecule has 95 valence electrons. The summed E-state index contributed by atoms with van der Waals surface area (Å²) in [6.07, 6.45) is 0. The van der Waals surface area contributed by atoms with Crippen molar-refractivity contribution in [2.75, 3.05) is 0 Å². The van der Waals surface area contributed by atoms with Crippen LogP contribution in [-0.4, -0.2) is 4.92 Å². The first-order chi connectivity index (χ1) is 8.56. The second-order valence-electron chi connectivity index (χ2n) is 3.76. The van der Waals surface area contributed by atoms with Crippen LogP contribution >= 0.6 is 23.4 Å². The van der Waals surface area contributed by atoms with Crippen LogP contribution in [0, 0.1) is 17.0 Å². The molecular formula is C13H10ClNO2SY. The van der Waals surface area contributed by atoms with Crippen LogP contribution in [0.25, 0.3) is 0 Å². The summed E-state index contributed by atoms with van der Waals surface area (Å²) in [7, 11) is 0. The van der Waals surface area contributed by atoms with Crippen molar-refractivity contribution in [3.05, 3.63) is 63.2 Å². The minimum absolute atomic E-state index is 0. The summed E-state index contributed by atoms with van der Waals surface area (Å²) >= 11 is 7.38. The van der Waals surface area contributed by atoms with E-state index < -0.39 is 0 Å². The second kappa shape index (κ2) is 7.39. The Labute approximate surface area is 145 Å². The van der Waals surface area contributed by atoms with E-state index in [1.165, 1.54) is 6.07 Å². The van der Waals surface area contributed by atoms with Gasteiger partial charge in [0.2, 0.25) is 0 Å². The van der Waals surface area contributed by atoms with E-state index in [2.05, 4.69) is 0 Å². The average Bonchev–Trinajstić information content (AvgIpc) is 2.34. The molecule has 0 aliphatic rings. The van der Waals surface area contributed by atoms with Crippen LogP contribution in [-0.2, 0) is 32.7 Å². The molecule has 0 bridgehead atoms. The molecule has 0 N–H and O–H groups in total. The molecule has 0 aliphatic carbocycles. The number of rotatable bonds is 3.